The summed E-state index contributed by atoms with van der Waals surface area (Å²) in [5, 5.41) is 2.67. The van der Waals surface area contributed by atoms with Crippen molar-refractivity contribution in [1.29, 1.82) is 0 Å². The molecule has 21 heavy (non-hydrogen) atoms. The summed E-state index contributed by atoms with van der Waals surface area (Å²) in [6.45, 7) is 3.19. The van der Waals surface area contributed by atoms with E-state index in [1.54, 1.807) is 6.92 Å². The van der Waals surface area contributed by atoms with Gasteiger partial charge in [-0.05, 0) is 31.0 Å². The van der Waals surface area contributed by atoms with Crippen molar-refractivity contribution in [2.24, 2.45) is 0 Å². The van der Waals surface area contributed by atoms with Crippen LogP contribution in [0.2, 0.25) is 0 Å². The van der Waals surface area contributed by atoms with Crippen molar-refractivity contribution >= 4 is 30.8 Å². The molecule has 0 heterocycles. The highest BCUT2D eigenvalue weighted by molar-refractivity contribution is 7.95. The first-order chi connectivity index (χ1) is 9.52. The Morgan fingerprint density at radius 1 is 1.24 bits per heavy atom. The van der Waals surface area contributed by atoms with E-state index in [-0.39, 0.29) is 26.6 Å². The van der Waals surface area contributed by atoms with Crippen LogP contribution in [-0.2, 0) is 20.2 Å². The Bertz CT molecular complexity index is 778. The highest BCUT2D eigenvalue weighted by Crippen LogP contribution is 2.33. The summed E-state index contributed by atoms with van der Waals surface area (Å²) in [4.78, 5) is -0.673. The van der Waals surface area contributed by atoms with Gasteiger partial charge in [-0.2, -0.15) is 16.8 Å². The Balaban J connectivity index is 3.76. The first-order valence-corrected chi connectivity index (χ1v) is 8.88. The molecule has 7 nitrogen and oxygen atoms in total. The van der Waals surface area contributed by atoms with Crippen LogP contribution in [-0.4, -0.2) is 33.0 Å². The molecule has 0 unspecified atom stereocenters. The summed E-state index contributed by atoms with van der Waals surface area (Å²) < 4.78 is 63.9. The minimum Gasteiger partial charge on any atom is -0.388 e. The average Bonchev–Trinajstić information content (AvgIpc) is 2.33. The summed E-state index contributed by atoms with van der Waals surface area (Å²) in [5.74, 6) is 0. The van der Waals surface area contributed by atoms with Crippen LogP contribution in [0.25, 0.3) is 4.91 Å². The Morgan fingerprint density at radius 2 is 1.81 bits per heavy atom. The Hall–Kier alpha value is -1.42. The molecule has 1 aromatic rings. The molecule has 0 radical (unpaired) electrons. The molecule has 9 heteroatoms. The number of allylic oxidation sites excluding steroid dienone is 1. The average molecular weight is 335 g/mol. The standard InChI is InChI=1S/C12H17NO6S2/c1-4-5-11(21(17,18)19)12-8(2)6-9(20(14,15)16)7-10(12)13-3/h5-7,13H,4H2,1-3H3,(H,14,15,16)(H,17,18,19)/b11-5+. The number of anilines is 1. The van der Waals surface area contributed by atoms with E-state index in [9.17, 15) is 21.4 Å². The van der Waals surface area contributed by atoms with Crippen molar-refractivity contribution in [2.75, 3.05) is 12.4 Å². The van der Waals surface area contributed by atoms with E-state index in [1.807, 2.05) is 0 Å². The van der Waals surface area contributed by atoms with Gasteiger partial charge >= 0.3 is 0 Å². The van der Waals surface area contributed by atoms with Crippen molar-refractivity contribution in [3.8, 4) is 0 Å². The maximum atomic E-state index is 11.5. The third-order valence-electron chi connectivity index (χ3n) is 2.79. The van der Waals surface area contributed by atoms with E-state index in [1.165, 1.54) is 20.0 Å². The molecule has 0 aliphatic rings. The minimum atomic E-state index is -4.47. The largest absolute Gasteiger partial charge is 0.388 e. The zero-order chi connectivity index (χ0) is 16.4. The lowest BCUT2D eigenvalue weighted by Crippen LogP contribution is -2.08. The lowest BCUT2D eigenvalue weighted by atomic mass is 10.1. The van der Waals surface area contributed by atoms with Gasteiger partial charge in [-0.3, -0.25) is 9.11 Å². The van der Waals surface area contributed by atoms with E-state index >= 15 is 0 Å². The second-order valence-corrected chi connectivity index (χ2v) is 7.15. The number of hydrogen-bond donors (Lipinski definition) is 3. The minimum absolute atomic E-state index is 0.161. The van der Waals surface area contributed by atoms with Gasteiger partial charge in [-0.15, -0.1) is 0 Å². The Labute approximate surface area is 124 Å². The zero-order valence-electron chi connectivity index (χ0n) is 11.8. The second kappa shape index (κ2) is 6.14. The fraction of sp³-hybridized carbons (Fsp3) is 0.333. The van der Waals surface area contributed by atoms with E-state index in [0.29, 0.717) is 6.42 Å². The van der Waals surface area contributed by atoms with Gasteiger partial charge in [0, 0.05) is 18.3 Å². The molecule has 1 rings (SSSR count). The van der Waals surface area contributed by atoms with Gasteiger partial charge < -0.3 is 5.32 Å². The highest BCUT2D eigenvalue weighted by Gasteiger charge is 2.23. The molecule has 0 fully saturated rings. The monoisotopic (exact) mass is 335 g/mol. The van der Waals surface area contributed by atoms with Gasteiger partial charge in [0.15, 0.2) is 0 Å². The number of nitrogens with one attached hydrogen (secondary N) is 1. The van der Waals surface area contributed by atoms with Gasteiger partial charge in [-0.1, -0.05) is 13.0 Å². The van der Waals surface area contributed by atoms with E-state index in [4.69, 9.17) is 4.55 Å². The third-order valence-corrected chi connectivity index (χ3v) is 4.55. The van der Waals surface area contributed by atoms with Gasteiger partial charge in [-0.25, -0.2) is 0 Å². The van der Waals surface area contributed by atoms with Crippen LogP contribution in [0, 0.1) is 6.92 Å². The molecule has 0 saturated heterocycles. The lowest BCUT2D eigenvalue weighted by molar-refractivity contribution is 0.483. The van der Waals surface area contributed by atoms with Crippen LogP contribution in [0.5, 0.6) is 0 Å². The Morgan fingerprint density at radius 3 is 2.19 bits per heavy atom. The second-order valence-electron chi connectivity index (χ2n) is 4.34. The van der Waals surface area contributed by atoms with E-state index < -0.39 is 20.2 Å². The zero-order valence-corrected chi connectivity index (χ0v) is 13.4. The molecule has 1 aromatic carbocycles. The summed E-state index contributed by atoms with van der Waals surface area (Å²) in [7, 11) is -7.42. The van der Waals surface area contributed by atoms with Gasteiger partial charge in [0.2, 0.25) is 0 Å². The molecule has 0 atom stereocenters. The summed E-state index contributed by atoms with van der Waals surface area (Å²) >= 11 is 0. The molecule has 0 amide bonds. The molecule has 0 spiro atoms. The van der Waals surface area contributed by atoms with Gasteiger partial charge in [0.1, 0.15) is 0 Å². The summed E-state index contributed by atoms with van der Waals surface area (Å²) in [6.07, 6.45) is 1.68. The fourth-order valence-electron chi connectivity index (χ4n) is 1.95. The van der Waals surface area contributed by atoms with Crippen LogP contribution >= 0.6 is 0 Å². The molecular formula is C12H17NO6S2. The van der Waals surface area contributed by atoms with Crippen molar-refractivity contribution in [3.63, 3.8) is 0 Å². The maximum absolute atomic E-state index is 11.5. The maximum Gasteiger partial charge on any atom is 0.294 e. The molecule has 3 N–H and O–H groups in total. The predicted molar refractivity (Wildman–Crippen MR) is 80.4 cm³/mol. The third kappa shape index (κ3) is 4.03. The topological polar surface area (TPSA) is 121 Å². The van der Waals surface area contributed by atoms with Crippen LogP contribution in [0.15, 0.2) is 23.1 Å². The Kier molecular flexibility index (Phi) is 5.16. The summed E-state index contributed by atoms with van der Waals surface area (Å²) in [5.41, 5.74) is 0.612. The van der Waals surface area contributed by atoms with Crippen molar-refractivity contribution < 1.29 is 25.9 Å². The van der Waals surface area contributed by atoms with Crippen molar-refractivity contribution in [2.45, 2.75) is 25.2 Å². The summed E-state index contributed by atoms with van der Waals surface area (Å²) in [6, 6.07) is 2.24. The van der Waals surface area contributed by atoms with E-state index in [0.717, 1.165) is 12.1 Å². The highest BCUT2D eigenvalue weighted by atomic mass is 32.2. The van der Waals surface area contributed by atoms with Gasteiger partial charge in [0.05, 0.1) is 9.80 Å². The first-order valence-electron chi connectivity index (χ1n) is 6.00. The molecule has 0 saturated carbocycles. The van der Waals surface area contributed by atoms with Crippen molar-refractivity contribution in [3.05, 3.63) is 29.3 Å². The normalized spacial score (nSPS) is 13.3. The predicted octanol–water partition coefficient (Wildman–Crippen LogP) is 1.92. The number of benzene rings is 1. The molecule has 118 valence electrons. The van der Waals surface area contributed by atoms with Crippen LogP contribution in [0.3, 0.4) is 0 Å². The quantitative estimate of drug-likeness (QED) is 0.703. The van der Waals surface area contributed by atoms with Crippen LogP contribution in [0.4, 0.5) is 5.69 Å². The lowest BCUT2D eigenvalue weighted by Gasteiger charge is -2.15. The molecule has 0 bridgehead atoms. The smallest absolute Gasteiger partial charge is 0.294 e. The molecular weight excluding hydrogens is 318 g/mol. The number of aryl methyl sites for hydroxylation is 1. The molecule has 0 aromatic heterocycles. The van der Waals surface area contributed by atoms with Gasteiger partial charge in [0.25, 0.3) is 20.2 Å². The fourth-order valence-corrected chi connectivity index (χ4v) is 3.45. The first kappa shape index (κ1) is 17.6. The van der Waals surface area contributed by atoms with Crippen LogP contribution < -0.4 is 5.32 Å². The SMILES string of the molecule is CC/C=C(\c1c(C)cc(S(=O)(=O)O)cc1NC)S(=O)(=O)O. The number of hydrogen-bond acceptors (Lipinski definition) is 5. The van der Waals surface area contributed by atoms with Crippen LogP contribution in [0.1, 0.15) is 24.5 Å². The number of rotatable bonds is 5. The molecule has 0 aliphatic carbocycles. The van der Waals surface area contributed by atoms with Crippen molar-refractivity contribution in [1.82, 2.24) is 0 Å². The van der Waals surface area contributed by atoms with E-state index in [2.05, 4.69) is 5.32 Å². The molecule has 0 aliphatic heterocycles.